The average Bonchev–Trinajstić information content (AvgIpc) is 2.79. The summed E-state index contributed by atoms with van der Waals surface area (Å²) in [5, 5.41) is 7.43. The van der Waals surface area contributed by atoms with Gasteiger partial charge in [0.2, 0.25) is 0 Å². The molecule has 0 aliphatic carbocycles. The lowest BCUT2D eigenvalue weighted by Gasteiger charge is -2.21. The minimum atomic E-state index is -0.247. The van der Waals surface area contributed by atoms with Crippen LogP contribution >= 0.6 is 11.6 Å². The number of benzene rings is 1. The Bertz CT molecular complexity index is 757. The van der Waals surface area contributed by atoms with Gasteiger partial charge in [-0.15, -0.1) is 0 Å². The first-order valence-corrected chi connectivity index (χ1v) is 7.74. The van der Waals surface area contributed by atoms with Crippen molar-refractivity contribution >= 4 is 17.5 Å². The monoisotopic (exact) mass is 335 g/mol. The Morgan fingerprint density at radius 2 is 2.04 bits per heavy atom. The van der Waals surface area contributed by atoms with Gasteiger partial charge in [-0.3, -0.25) is 9.48 Å². The molecule has 1 aromatic carbocycles. The van der Waals surface area contributed by atoms with Crippen LogP contribution in [-0.2, 0) is 7.05 Å². The highest BCUT2D eigenvalue weighted by molar-refractivity contribution is 6.33. The zero-order valence-electron chi connectivity index (χ0n) is 13.2. The first-order chi connectivity index (χ1) is 11.0. The number of ether oxygens (including phenoxy) is 2. The van der Waals surface area contributed by atoms with E-state index in [2.05, 4.69) is 10.4 Å². The van der Waals surface area contributed by atoms with Gasteiger partial charge in [-0.25, -0.2) is 0 Å². The van der Waals surface area contributed by atoms with Crippen LogP contribution in [0.2, 0.25) is 5.15 Å². The molecule has 6 nitrogen and oxygen atoms in total. The molecule has 0 fully saturated rings. The number of nitrogens with one attached hydrogen (secondary N) is 1. The fourth-order valence-electron chi connectivity index (χ4n) is 2.57. The Kier molecular flexibility index (Phi) is 4.17. The van der Waals surface area contributed by atoms with Gasteiger partial charge in [0.25, 0.3) is 5.91 Å². The van der Waals surface area contributed by atoms with Crippen LogP contribution in [0.25, 0.3) is 0 Å². The van der Waals surface area contributed by atoms with Gasteiger partial charge in [0, 0.05) is 7.05 Å². The van der Waals surface area contributed by atoms with Crippen LogP contribution in [-0.4, -0.2) is 28.9 Å². The van der Waals surface area contributed by atoms with Crippen molar-refractivity contribution in [3.63, 3.8) is 0 Å². The summed E-state index contributed by atoms with van der Waals surface area (Å²) < 4.78 is 12.6. The number of aryl methyl sites for hydroxylation is 2. The third-order valence-corrected chi connectivity index (χ3v) is 4.23. The number of fused-ring (bicyclic) bond motifs is 1. The number of hydrogen-bond donors (Lipinski definition) is 1. The van der Waals surface area contributed by atoms with Crippen LogP contribution in [0.3, 0.4) is 0 Å². The number of halogens is 1. The van der Waals surface area contributed by atoms with Crippen molar-refractivity contribution in [2.24, 2.45) is 7.05 Å². The van der Waals surface area contributed by atoms with E-state index in [1.165, 1.54) is 4.68 Å². The Labute approximate surface area is 139 Å². The highest BCUT2D eigenvalue weighted by atomic mass is 35.5. The van der Waals surface area contributed by atoms with Gasteiger partial charge in [0.1, 0.15) is 18.4 Å². The van der Waals surface area contributed by atoms with Crippen LogP contribution in [0.5, 0.6) is 11.5 Å². The molecule has 122 valence electrons. The van der Waals surface area contributed by atoms with E-state index in [1.54, 1.807) is 14.0 Å². The van der Waals surface area contributed by atoms with Crippen molar-refractivity contribution in [1.82, 2.24) is 15.1 Å². The quantitative estimate of drug-likeness (QED) is 0.936. The minimum Gasteiger partial charge on any atom is -0.486 e. The van der Waals surface area contributed by atoms with E-state index < -0.39 is 0 Å². The Morgan fingerprint density at radius 1 is 1.35 bits per heavy atom. The summed E-state index contributed by atoms with van der Waals surface area (Å²) in [4.78, 5) is 12.5. The molecule has 23 heavy (non-hydrogen) atoms. The Morgan fingerprint density at radius 3 is 2.70 bits per heavy atom. The molecular weight excluding hydrogens is 318 g/mol. The van der Waals surface area contributed by atoms with E-state index >= 15 is 0 Å². The van der Waals surface area contributed by atoms with Crippen LogP contribution in [0.4, 0.5) is 0 Å². The molecule has 1 amide bonds. The highest BCUT2D eigenvalue weighted by Gasteiger charge is 2.21. The second-order valence-electron chi connectivity index (χ2n) is 5.47. The number of rotatable bonds is 3. The number of nitrogens with zero attached hydrogens (tertiary/aromatic N) is 2. The van der Waals surface area contributed by atoms with Crippen molar-refractivity contribution in [1.29, 1.82) is 0 Å². The van der Waals surface area contributed by atoms with E-state index in [0.717, 1.165) is 11.3 Å². The molecular formula is C16H18ClN3O3. The van der Waals surface area contributed by atoms with Gasteiger partial charge in [-0.2, -0.15) is 5.10 Å². The number of hydrogen-bond acceptors (Lipinski definition) is 4. The first-order valence-electron chi connectivity index (χ1n) is 7.37. The van der Waals surface area contributed by atoms with Gasteiger partial charge in [-0.05, 0) is 31.5 Å². The summed E-state index contributed by atoms with van der Waals surface area (Å²) in [7, 11) is 1.70. The molecule has 0 bridgehead atoms. The predicted molar refractivity (Wildman–Crippen MR) is 86.3 cm³/mol. The Balaban J connectivity index is 1.78. The third kappa shape index (κ3) is 2.99. The lowest BCUT2D eigenvalue weighted by Crippen LogP contribution is -2.27. The summed E-state index contributed by atoms with van der Waals surface area (Å²) in [5.41, 5.74) is 1.93. The first kappa shape index (κ1) is 15.7. The maximum atomic E-state index is 12.5. The standard InChI is InChI=1S/C16H18ClN3O3/c1-9(11-4-5-12-13(8-11)23-7-6-22-12)18-16(21)14-10(2)19-20(3)15(14)17/h4-5,8-9H,6-7H2,1-3H3,(H,18,21)/t9-/m1/s1. The predicted octanol–water partition coefficient (Wildman–Crippen LogP) is 2.64. The number of carbonyl (C=O) groups excluding carboxylic acids is 1. The van der Waals surface area contributed by atoms with E-state index in [-0.39, 0.29) is 11.9 Å². The fourth-order valence-corrected chi connectivity index (χ4v) is 2.83. The van der Waals surface area contributed by atoms with Gasteiger partial charge in [0.15, 0.2) is 11.5 Å². The molecule has 0 spiro atoms. The van der Waals surface area contributed by atoms with Crippen LogP contribution in [0, 0.1) is 6.92 Å². The molecule has 2 heterocycles. The summed E-state index contributed by atoms with van der Waals surface area (Å²) in [6, 6.07) is 5.45. The van der Waals surface area contributed by atoms with Gasteiger partial charge in [0.05, 0.1) is 17.3 Å². The number of amides is 1. The summed E-state index contributed by atoms with van der Waals surface area (Å²) in [5.74, 6) is 1.18. The zero-order valence-corrected chi connectivity index (χ0v) is 14.0. The summed E-state index contributed by atoms with van der Waals surface area (Å²) >= 11 is 6.14. The lowest BCUT2D eigenvalue weighted by molar-refractivity contribution is 0.0939. The third-order valence-electron chi connectivity index (χ3n) is 3.79. The SMILES string of the molecule is Cc1nn(C)c(Cl)c1C(=O)N[C@H](C)c1ccc2c(c1)OCCO2. The fraction of sp³-hybridized carbons (Fsp3) is 0.375. The van der Waals surface area contributed by atoms with Crippen molar-refractivity contribution < 1.29 is 14.3 Å². The van der Waals surface area contributed by atoms with Crippen molar-refractivity contribution in [3.8, 4) is 11.5 Å². The maximum absolute atomic E-state index is 12.5. The van der Waals surface area contributed by atoms with Crippen molar-refractivity contribution in [3.05, 3.63) is 40.2 Å². The molecule has 2 aromatic rings. The van der Waals surface area contributed by atoms with Gasteiger partial charge in [-0.1, -0.05) is 17.7 Å². The normalized spacial score (nSPS) is 14.4. The molecule has 0 saturated carbocycles. The summed E-state index contributed by atoms with van der Waals surface area (Å²) in [6.45, 7) is 4.75. The van der Waals surface area contributed by atoms with Gasteiger partial charge < -0.3 is 14.8 Å². The van der Waals surface area contributed by atoms with Crippen LogP contribution in [0.1, 0.15) is 34.6 Å². The van der Waals surface area contributed by atoms with E-state index in [1.807, 2.05) is 25.1 Å². The van der Waals surface area contributed by atoms with E-state index in [9.17, 15) is 4.79 Å². The van der Waals surface area contributed by atoms with Crippen molar-refractivity contribution in [2.75, 3.05) is 13.2 Å². The molecule has 1 atom stereocenters. The molecule has 0 radical (unpaired) electrons. The van der Waals surface area contributed by atoms with Gasteiger partial charge >= 0.3 is 0 Å². The lowest BCUT2D eigenvalue weighted by atomic mass is 10.1. The highest BCUT2D eigenvalue weighted by Crippen LogP contribution is 2.32. The van der Waals surface area contributed by atoms with E-state index in [0.29, 0.717) is 35.4 Å². The van der Waals surface area contributed by atoms with E-state index in [4.69, 9.17) is 21.1 Å². The topological polar surface area (TPSA) is 65.4 Å². The second kappa shape index (κ2) is 6.12. The molecule has 3 rings (SSSR count). The molecule has 1 aliphatic rings. The molecule has 1 N–H and O–H groups in total. The second-order valence-corrected chi connectivity index (χ2v) is 5.83. The molecule has 0 unspecified atom stereocenters. The molecule has 0 saturated heterocycles. The minimum absolute atomic E-state index is 0.200. The summed E-state index contributed by atoms with van der Waals surface area (Å²) in [6.07, 6.45) is 0. The molecule has 1 aliphatic heterocycles. The van der Waals surface area contributed by atoms with Crippen LogP contribution < -0.4 is 14.8 Å². The number of carbonyl (C=O) groups is 1. The maximum Gasteiger partial charge on any atom is 0.256 e. The smallest absolute Gasteiger partial charge is 0.256 e. The Hall–Kier alpha value is -2.21. The average molecular weight is 336 g/mol. The van der Waals surface area contributed by atoms with Crippen LogP contribution in [0.15, 0.2) is 18.2 Å². The molecule has 7 heteroatoms. The zero-order chi connectivity index (χ0) is 16.6. The number of aromatic nitrogens is 2. The van der Waals surface area contributed by atoms with Crippen molar-refractivity contribution in [2.45, 2.75) is 19.9 Å². The largest absolute Gasteiger partial charge is 0.486 e. The molecule has 1 aromatic heterocycles.